The standard InChI is InChI=1S/C17H25NO5/c1-16(2,3)23-15(21)17(14(19)20)9-5-4-6-13(17)22-12-7-10-18-11-8-12/h4-6,9,12-13,18H,7-8,10-11H2,1-3H3,(H,19,20). The normalized spacial score (nSPS) is 28.6. The minimum absolute atomic E-state index is 0.0708. The maximum atomic E-state index is 12.6. The van der Waals surface area contributed by atoms with E-state index in [4.69, 9.17) is 9.47 Å². The molecule has 0 spiro atoms. The van der Waals surface area contributed by atoms with E-state index in [1.54, 1.807) is 39.0 Å². The molecule has 0 aromatic rings. The highest BCUT2D eigenvalue weighted by Crippen LogP contribution is 2.35. The highest BCUT2D eigenvalue weighted by Gasteiger charge is 2.54. The van der Waals surface area contributed by atoms with Crippen LogP contribution in [0.3, 0.4) is 0 Å². The zero-order chi connectivity index (χ0) is 17.1. The molecule has 0 radical (unpaired) electrons. The van der Waals surface area contributed by atoms with E-state index in [0.29, 0.717) is 0 Å². The molecule has 6 nitrogen and oxygen atoms in total. The van der Waals surface area contributed by atoms with E-state index in [0.717, 1.165) is 25.9 Å². The Morgan fingerprint density at radius 1 is 1.22 bits per heavy atom. The van der Waals surface area contributed by atoms with Crippen LogP contribution in [0, 0.1) is 5.41 Å². The van der Waals surface area contributed by atoms with Crippen molar-refractivity contribution >= 4 is 11.9 Å². The molecule has 2 N–H and O–H groups in total. The second kappa shape index (κ2) is 6.84. The van der Waals surface area contributed by atoms with Gasteiger partial charge in [-0.1, -0.05) is 24.3 Å². The fourth-order valence-electron chi connectivity index (χ4n) is 2.74. The van der Waals surface area contributed by atoms with Gasteiger partial charge in [-0.15, -0.1) is 0 Å². The van der Waals surface area contributed by atoms with Gasteiger partial charge in [0, 0.05) is 0 Å². The third-order valence-corrected chi connectivity index (χ3v) is 3.92. The Morgan fingerprint density at radius 2 is 1.87 bits per heavy atom. The van der Waals surface area contributed by atoms with Gasteiger partial charge in [-0.05, 0) is 46.7 Å². The number of carboxylic acids is 1. The molecular formula is C17H25NO5. The zero-order valence-electron chi connectivity index (χ0n) is 13.9. The van der Waals surface area contributed by atoms with Gasteiger partial charge >= 0.3 is 11.9 Å². The predicted octanol–water partition coefficient (Wildman–Crippen LogP) is 1.66. The molecule has 0 aromatic heterocycles. The van der Waals surface area contributed by atoms with Gasteiger partial charge in [0.15, 0.2) is 0 Å². The molecule has 1 aliphatic heterocycles. The Balaban J connectivity index is 2.26. The van der Waals surface area contributed by atoms with Crippen molar-refractivity contribution in [2.24, 2.45) is 5.41 Å². The summed E-state index contributed by atoms with van der Waals surface area (Å²) in [5.41, 5.74) is -2.61. The number of hydrogen-bond acceptors (Lipinski definition) is 5. The van der Waals surface area contributed by atoms with E-state index in [1.165, 1.54) is 6.08 Å². The topological polar surface area (TPSA) is 84.9 Å². The minimum Gasteiger partial charge on any atom is -0.480 e. The van der Waals surface area contributed by atoms with Crippen molar-refractivity contribution < 1.29 is 24.2 Å². The largest absolute Gasteiger partial charge is 0.480 e. The number of ether oxygens (including phenoxy) is 2. The smallest absolute Gasteiger partial charge is 0.331 e. The molecule has 1 heterocycles. The van der Waals surface area contributed by atoms with E-state index in [-0.39, 0.29) is 6.10 Å². The summed E-state index contributed by atoms with van der Waals surface area (Å²) in [5.74, 6) is -2.05. The highest BCUT2D eigenvalue weighted by atomic mass is 16.6. The molecule has 6 heteroatoms. The average molecular weight is 323 g/mol. The van der Waals surface area contributed by atoms with E-state index in [1.807, 2.05) is 0 Å². The molecule has 1 aliphatic carbocycles. The fraction of sp³-hybridized carbons (Fsp3) is 0.647. The third-order valence-electron chi connectivity index (χ3n) is 3.92. The SMILES string of the molecule is CC(C)(C)OC(=O)C1(C(=O)O)C=CC=CC1OC1CCNCC1. The molecule has 0 amide bonds. The van der Waals surface area contributed by atoms with Crippen LogP contribution in [-0.4, -0.2) is 47.9 Å². The van der Waals surface area contributed by atoms with Crippen LogP contribution in [-0.2, 0) is 19.1 Å². The monoisotopic (exact) mass is 323 g/mol. The second-order valence-electron chi connectivity index (χ2n) is 6.93. The fourth-order valence-corrected chi connectivity index (χ4v) is 2.74. The summed E-state index contributed by atoms with van der Waals surface area (Å²) in [5, 5.41) is 13.0. The lowest BCUT2D eigenvalue weighted by Gasteiger charge is -2.37. The lowest BCUT2D eigenvalue weighted by molar-refractivity contribution is -0.183. The number of esters is 1. The summed E-state index contributed by atoms with van der Waals surface area (Å²) in [6, 6.07) is 0. The van der Waals surface area contributed by atoms with Gasteiger partial charge in [0.05, 0.1) is 6.10 Å². The quantitative estimate of drug-likeness (QED) is 0.605. The first kappa shape index (κ1) is 17.7. The van der Waals surface area contributed by atoms with Crippen LogP contribution in [0.5, 0.6) is 0 Å². The number of piperidine rings is 1. The van der Waals surface area contributed by atoms with Crippen molar-refractivity contribution in [2.45, 2.75) is 51.4 Å². The molecule has 0 bridgehead atoms. The van der Waals surface area contributed by atoms with Crippen molar-refractivity contribution in [3.05, 3.63) is 24.3 Å². The molecule has 23 heavy (non-hydrogen) atoms. The molecule has 0 saturated carbocycles. The van der Waals surface area contributed by atoms with Crippen molar-refractivity contribution in [2.75, 3.05) is 13.1 Å². The number of aliphatic carboxylic acids is 1. The molecular weight excluding hydrogens is 298 g/mol. The maximum Gasteiger partial charge on any atom is 0.331 e. The Hall–Kier alpha value is -1.66. The van der Waals surface area contributed by atoms with Crippen LogP contribution >= 0.6 is 0 Å². The first-order valence-corrected chi connectivity index (χ1v) is 7.95. The van der Waals surface area contributed by atoms with Crippen LogP contribution in [0.4, 0.5) is 0 Å². The van der Waals surface area contributed by atoms with Crippen LogP contribution in [0.2, 0.25) is 0 Å². The number of carbonyl (C=O) groups excluding carboxylic acids is 1. The summed E-state index contributed by atoms with van der Waals surface area (Å²) in [6.07, 6.45) is 6.89. The Labute approximate surface area is 136 Å². The predicted molar refractivity (Wildman–Crippen MR) is 85.0 cm³/mol. The Bertz CT molecular complexity index is 514. The Kier molecular flexibility index (Phi) is 5.26. The molecule has 2 aliphatic rings. The van der Waals surface area contributed by atoms with Gasteiger partial charge in [0.25, 0.3) is 0 Å². The average Bonchev–Trinajstić information content (AvgIpc) is 2.46. The van der Waals surface area contributed by atoms with Crippen molar-refractivity contribution in [1.29, 1.82) is 0 Å². The van der Waals surface area contributed by atoms with Gasteiger partial charge in [-0.3, -0.25) is 9.59 Å². The van der Waals surface area contributed by atoms with Crippen molar-refractivity contribution in [3.8, 4) is 0 Å². The van der Waals surface area contributed by atoms with E-state index >= 15 is 0 Å². The van der Waals surface area contributed by atoms with Crippen LogP contribution in [0.25, 0.3) is 0 Å². The van der Waals surface area contributed by atoms with E-state index < -0.39 is 29.1 Å². The molecule has 2 rings (SSSR count). The lowest BCUT2D eigenvalue weighted by atomic mass is 9.78. The Morgan fingerprint density at radius 3 is 2.43 bits per heavy atom. The summed E-state index contributed by atoms with van der Waals surface area (Å²) in [7, 11) is 0. The second-order valence-corrected chi connectivity index (χ2v) is 6.93. The van der Waals surface area contributed by atoms with Gasteiger partial charge < -0.3 is 19.9 Å². The summed E-state index contributed by atoms with van der Waals surface area (Å²) in [6.45, 7) is 6.79. The number of carboxylic acid groups (broad SMARTS) is 1. The van der Waals surface area contributed by atoms with Gasteiger partial charge in [-0.2, -0.15) is 0 Å². The number of carbonyl (C=O) groups is 2. The van der Waals surface area contributed by atoms with Crippen LogP contribution in [0.1, 0.15) is 33.6 Å². The number of hydrogen-bond donors (Lipinski definition) is 2. The number of nitrogens with one attached hydrogen (secondary N) is 1. The molecule has 2 unspecified atom stereocenters. The zero-order valence-corrected chi connectivity index (χ0v) is 13.9. The van der Waals surface area contributed by atoms with Gasteiger partial charge in [0.2, 0.25) is 5.41 Å². The minimum atomic E-state index is -1.84. The number of rotatable bonds is 4. The third kappa shape index (κ3) is 4.00. The molecule has 1 saturated heterocycles. The van der Waals surface area contributed by atoms with Gasteiger partial charge in [0.1, 0.15) is 11.7 Å². The van der Waals surface area contributed by atoms with E-state index in [9.17, 15) is 14.7 Å². The maximum absolute atomic E-state index is 12.6. The van der Waals surface area contributed by atoms with Crippen molar-refractivity contribution in [3.63, 3.8) is 0 Å². The lowest BCUT2D eigenvalue weighted by Crippen LogP contribution is -2.52. The van der Waals surface area contributed by atoms with Crippen LogP contribution in [0.15, 0.2) is 24.3 Å². The molecule has 2 atom stereocenters. The highest BCUT2D eigenvalue weighted by molar-refractivity contribution is 6.03. The first-order chi connectivity index (χ1) is 10.8. The molecule has 0 aromatic carbocycles. The first-order valence-electron chi connectivity index (χ1n) is 7.95. The summed E-state index contributed by atoms with van der Waals surface area (Å²) in [4.78, 5) is 24.6. The van der Waals surface area contributed by atoms with Crippen LogP contribution < -0.4 is 5.32 Å². The van der Waals surface area contributed by atoms with Crippen molar-refractivity contribution in [1.82, 2.24) is 5.32 Å². The van der Waals surface area contributed by atoms with Gasteiger partial charge in [-0.25, -0.2) is 0 Å². The number of allylic oxidation sites excluding steroid dienone is 2. The summed E-state index contributed by atoms with van der Waals surface area (Å²) >= 11 is 0. The molecule has 128 valence electrons. The molecule has 1 fully saturated rings. The van der Waals surface area contributed by atoms with E-state index in [2.05, 4.69) is 5.32 Å². The summed E-state index contributed by atoms with van der Waals surface area (Å²) < 4.78 is 11.3.